The van der Waals surface area contributed by atoms with Gasteiger partial charge in [0.15, 0.2) is 0 Å². The number of halogens is 2. The minimum atomic E-state index is -2.95. The number of aliphatic hydroxyl groups excluding tert-OH is 1. The minimum absolute atomic E-state index is 0.0449. The lowest BCUT2D eigenvalue weighted by Gasteiger charge is -2.22. The van der Waals surface area contributed by atoms with Crippen molar-refractivity contribution >= 4 is 0 Å². The van der Waals surface area contributed by atoms with Crippen LogP contribution in [0, 0.1) is 5.92 Å². The highest BCUT2D eigenvalue weighted by atomic mass is 19.3. The third-order valence-electron chi connectivity index (χ3n) is 2.05. The van der Waals surface area contributed by atoms with Crippen LogP contribution in [0.15, 0.2) is 30.3 Å². The fourth-order valence-corrected chi connectivity index (χ4v) is 1.06. The quantitative estimate of drug-likeness (QED) is 0.768. The number of rotatable bonds is 3. The van der Waals surface area contributed by atoms with Crippen LogP contribution < -0.4 is 0 Å². The van der Waals surface area contributed by atoms with Crippen LogP contribution in [0.2, 0.25) is 0 Å². The van der Waals surface area contributed by atoms with Crippen LogP contribution in [0.1, 0.15) is 12.5 Å². The number of benzene rings is 1. The maximum absolute atomic E-state index is 13.4. The van der Waals surface area contributed by atoms with E-state index in [1.165, 1.54) is 19.1 Å². The highest BCUT2D eigenvalue weighted by molar-refractivity contribution is 5.20. The van der Waals surface area contributed by atoms with Crippen LogP contribution in [-0.2, 0) is 5.92 Å². The van der Waals surface area contributed by atoms with Crippen molar-refractivity contribution in [1.82, 2.24) is 0 Å². The van der Waals surface area contributed by atoms with Crippen LogP contribution in [-0.4, -0.2) is 11.7 Å². The van der Waals surface area contributed by atoms with Crippen molar-refractivity contribution in [3.05, 3.63) is 35.9 Å². The summed E-state index contributed by atoms with van der Waals surface area (Å²) in [6.07, 6.45) is 0. The second-order valence-corrected chi connectivity index (χ2v) is 3.07. The SMILES string of the molecule is C[C@@H](CO)C(F)(F)c1ccccc1. The molecule has 3 heteroatoms. The molecule has 1 rings (SSSR count). The summed E-state index contributed by atoms with van der Waals surface area (Å²) in [7, 11) is 0. The molecule has 1 aromatic carbocycles. The zero-order chi connectivity index (χ0) is 9.90. The molecule has 0 saturated heterocycles. The normalized spacial score (nSPS) is 14.2. The first-order chi connectivity index (χ1) is 6.09. The van der Waals surface area contributed by atoms with Crippen LogP contribution in [0.5, 0.6) is 0 Å². The van der Waals surface area contributed by atoms with Gasteiger partial charge in [-0.15, -0.1) is 0 Å². The third-order valence-corrected chi connectivity index (χ3v) is 2.05. The van der Waals surface area contributed by atoms with Crippen LogP contribution >= 0.6 is 0 Å². The second-order valence-electron chi connectivity index (χ2n) is 3.07. The molecule has 1 aromatic rings. The Bertz CT molecular complexity index is 259. The molecular formula is C10H12F2O. The van der Waals surface area contributed by atoms with Crippen molar-refractivity contribution in [3.63, 3.8) is 0 Å². The summed E-state index contributed by atoms with van der Waals surface area (Å²) >= 11 is 0. The molecule has 0 bridgehead atoms. The Balaban J connectivity index is 2.93. The molecule has 0 radical (unpaired) electrons. The van der Waals surface area contributed by atoms with E-state index >= 15 is 0 Å². The molecule has 0 saturated carbocycles. The van der Waals surface area contributed by atoms with E-state index < -0.39 is 18.4 Å². The molecule has 0 amide bonds. The maximum Gasteiger partial charge on any atom is 0.277 e. The summed E-state index contributed by atoms with van der Waals surface area (Å²) in [6.45, 7) is 0.814. The second kappa shape index (κ2) is 3.83. The van der Waals surface area contributed by atoms with Crippen molar-refractivity contribution in [2.75, 3.05) is 6.61 Å². The minimum Gasteiger partial charge on any atom is -0.396 e. The maximum atomic E-state index is 13.4. The van der Waals surface area contributed by atoms with E-state index in [1.54, 1.807) is 18.2 Å². The molecule has 0 aliphatic heterocycles. The third kappa shape index (κ3) is 2.04. The first-order valence-electron chi connectivity index (χ1n) is 4.13. The smallest absolute Gasteiger partial charge is 0.277 e. The van der Waals surface area contributed by atoms with Crippen molar-refractivity contribution in [1.29, 1.82) is 0 Å². The number of aliphatic hydroxyl groups is 1. The number of hydrogen-bond acceptors (Lipinski definition) is 1. The van der Waals surface area contributed by atoms with Gasteiger partial charge in [-0.2, -0.15) is 0 Å². The molecule has 72 valence electrons. The summed E-state index contributed by atoms with van der Waals surface area (Å²) in [6, 6.07) is 7.54. The van der Waals surface area contributed by atoms with Gasteiger partial charge in [0.25, 0.3) is 5.92 Å². The Labute approximate surface area is 76.0 Å². The molecule has 0 heterocycles. The van der Waals surface area contributed by atoms with Gasteiger partial charge in [-0.25, -0.2) is 8.78 Å². The molecule has 0 aliphatic rings. The molecule has 1 nitrogen and oxygen atoms in total. The largest absolute Gasteiger partial charge is 0.396 e. The highest BCUT2D eigenvalue weighted by Gasteiger charge is 2.37. The van der Waals surface area contributed by atoms with Crippen molar-refractivity contribution in [2.45, 2.75) is 12.8 Å². The van der Waals surface area contributed by atoms with Gasteiger partial charge in [-0.1, -0.05) is 37.3 Å². The summed E-state index contributed by atoms with van der Waals surface area (Å²) in [5, 5.41) is 8.65. The molecule has 0 unspecified atom stereocenters. The zero-order valence-corrected chi connectivity index (χ0v) is 7.37. The van der Waals surface area contributed by atoms with Crippen molar-refractivity contribution in [2.24, 2.45) is 5.92 Å². The number of alkyl halides is 2. The molecular weight excluding hydrogens is 174 g/mol. The van der Waals surface area contributed by atoms with Crippen LogP contribution in [0.4, 0.5) is 8.78 Å². The standard InChI is InChI=1S/C10H12F2O/c1-8(7-13)10(11,12)9-5-3-2-4-6-9/h2-6,8,13H,7H2,1H3/t8-/m0/s1. The molecule has 0 aromatic heterocycles. The Morgan fingerprint density at radius 1 is 1.31 bits per heavy atom. The van der Waals surface area contributed by atoms with E-state index in [9.17, 15) is 8.78 Å². The lowest BCUT2D eigenvalue weighted by molar-refractivity contribution is -0.0753. The average molecular weight is 186 g/mol. The summed E-state index contributed by atoms with van der Waals surface area (Å²) < 4.78 is 26.8. The van der Waals surface area contributed by atoms with Gasteiger partial charge < -0.3 is 5.11 Å². The molecule has 1 N–H and O–H groups in total. The Morgan fingerprint density at radius 2 is 1.85 bits per heavy atom. The topological polar surface area (TPSA) is 20.2 Å². The van der Waals surface area contributed by atoms with Crippen molar-refractivity contribution in [3.8, 4) is 0 Å². The molecule has 0 fully saturated rings. The fraction of sp³-hybridized carbons (Fsp3) is 0.400. The van der Waals surface area contributed by atoms with E-state index in [-0.39, 0.29) is 5.56 Å². The van der Waals surface area contributed by atoms with E-state index in [0.717, 1.165) is 0 Å². The number of hydrogen-bond donors (Lipinski definition) is 1. The first-order valence-corrected chi connectivity index (χ1v) is 4.13. The summed E-state index contributed by atoms with van der Waals surface area (Å²) in [5.74, 6) is -3.99. The highest BCUT2D eigenvalue weighted by Crippen LogP contribution is 2.35. The van der Waals surface area contributed by atoms with Crippen LogP contribution in [0.3, 0.4) is 0 Å². The predicted molar refractivity (Wildman–Crippen MR) is 46.6 cm³/mol. The Hall–Kier alpha value is -0.960. The molecule has 0 spiro atoms. The molecule has 0 aliphatic carbocycles. The lowest BCUT2D eigenvalue weighted by Crippen LogP contribution is -2.25. The summed E-state index contributed by atoms with van der Waals surface area (Å²) in [4.78, 5) is 0. The van der Waals surface area contributed by atoms with Gasteiger partial charge in [0.1, 0.15) is 0 Å². The monoisotopic (exact) mass is 186 g/mol. The molecule has 1 atom stereocenters. The lowest BCUT2D eigenvalue weighted by atomic mass is 9.97. The Kier molecular flexibility index (Phi) is 2.98. The predicted octanol–water partition coefficient (Wildman–Crippen LogP) is 2.41. The van der Waals surface area contributed by atoms with Gasteiger partial charge in [0.05, 0.1) is 6.61 Å². The Morgan fingerprint density at radius 3 is 2.31 bits per heavy atom. The summed E-state index contributed by atoms with van der Waals surface area (Å²) in [5.41, 5.74) is -0.0449. The van der Waals surface area contributed by atoms with Gasteiger partial charge in [-0.05, 0) is 0 Å². The van der Waals surface area contributed by atoms with E-state index in [1.807, 2.05) is 0 Å². The zero-order valence-electron chi connectivity index (χ0n) is 7.37. The van der Waals surface area contributed by atoms with Gasteiger partial charge >= 0.3 is 0 Å². The van der Waals surface area contributed by atoms with Crippen molar-refractivity contribution < 1.29 is 13.9 Å². The average Bonchev–Trinajstić information content (AvgIpc) is 2.18. The first kappa shape index (κ1) is 10.1. The van der Waals surface area contributed by atoms with E-state index in [0.29, 0.717) is 0 Å². The van der Waals surface area contributed by atoms with E-state index in [4.69, 9.17) is 5.11 Å². The van der Waals surface area contributed by atoms with Crippen LogP contribution in [0.25, 0.3) is 0 Å². The molecule has 13 heavy (non-hydrogen) atoms. The van der Waals surface area contributed by atoms with E-state index in [2.05, 4.69) is 0 Å². The fourth-order valence-electron chi connectivity index (χ4n) is 1.06. The van der Waals surface area contributed by atoms with Gasteiger partial charge in [0, 0.05) is 11.5 Å². The van der Waals surface area contributed by atoms with Gasteiger partial charge in [0.2, 0.25) is 0 Å². The van der Waals surface area contributed by atoms with Gasteiger partial charge in [-0.3, -0.25) is 0 Å².